The number of hydrogen-bond donors (Lipinski definition) is 1. The molecule has 1 aliphatic carbocycles. The standard InChI is InChI=1S/C15H20O3.C12H17NO2/c1-18-13-7-5-12(6-8-13)14(11-16)15(17)9-3-2-4-10-15;1-13(2)12(9-15-10-14)8-11-6-4-3-5-7-11/h5-8,11,14,17H,2-4,9-10H2,1H3;3-7,10,12H,8-9H2,1-2H3. The Bertz CT molecular complexity index is 816. The number of ether oxygens (including phenoxy) is 2. The van der Waals surface area contributed by atoms with Crippen LogP contribution in [0.3, 0.4) is 0 Å². The Hall–Kier alpha value is -2.70. The molecule has 1 fully saturated rings. The van der Waals surface area contributed by atoms with E-state index < -0.39 is 11.5 Å². The van der Waals surface area contributed by atoms with E-state index in [9.17, 15) is 14.7 Å². The van der Waals surface area contributed by atoms with Crippen molar-refractivity contribution in [2.45, 2.75) is 56.1 Å². The third-order valence-electron chi connectivity index (χ3n) is 6.31. The maximum absolute atomic E-state index is 11.4. The first-order valence-corrected chi connectivity index (χ1v) is 11.5. The van der Waals surface area contributed by atoms with Crippen molar-refractivity contribution in [2.75, 3.05) is 27.8 Å². The smallest absolute Gasteiger partial charge is 0.293 e. The monoisotopic (exact) mass is 455 g/mol. The Balaban J connectivity index is 0.000000238. The van der Waals surface area contributed by atoms with Crippen molar-refractivity contribution < 1.29 is 24.2 Å². The van der Waals surface area contributed by atoms with Crippen molar-refractivity contribution in [3.63, 3.8) is 0 Å². The molecular weight excluding hydrogens is 418 g/mol. The van der Waals surface area contributed by atoms with Crippen molar-refractivity contribution in [2.24, 2.45) is 0 Å². The number of rotatable bonds is 10. The van der Waals surface area contributed by atoms with Crippen LogP contribution in [0.2, 0.25) is 0 Å². The Labute approximate surface area is 197 Å². The van der Waals surface area contributed by atoms with Crippen molar-refractivity contribution in [1.82, 2.24) is 4.90 Å². The van der Waals surface area contributed by atoms with E-state index >= 15 is 0 Å². The van der Waals surface area contributed by atoms with Gasteiger partial charge < -0.3 is 24.3 Å². The molecule has 0 bridgehead atoms. The van der Waals surface area contributed by atoms with Gasteiger partial charge in [0.25, 0.3) is 6.47 Å². The summed E-state index contributed by atoms with van der Waals surface area (Å²) in [6, 6.07) is 17.8. The van der Waals surface area contributed by atoms with Crippen LogP contribution < -0.4 is 4.74 Å². The first kappa shape index (κ1) is 26.6. The first-order chi connectivity index (χ1) is 15.9. The summed E-state index contributed by atoms with van der Waals surface area (Å²) in [6.07, 6.45) is 6.34. The van der Waals surface area contributed by atoms with E-state index in [1.807, 2.05) is 56.6 Å². The van der Waals surface area contributed by atoms with Crippen LogP contribution in [-0.4, -0.2) is 62.2 Å². The average molecular weight is 456 g/mol. The molecule has 0 aliphatic heterocycles. The molecule has 1 saturated carbocycles. The second-order valence-electron chi connectivity index (χ2n) is 8.79. The summed E-state index contributed by atoms with van der Waals surface area (Å²) in [6.45, 7) is 0.937. The lowest BCUT2D eigenvalue weighted by atomic mass is 9.73. The highest BCUT2D eigenvalue weighted by atomic mass is 16.5. The lowest BCUT2D eigenvalue weighted by Gasteiger charge is -2.36. The quantitative estimate of drug-likeness (QED) is 0.546. The van der Waals surface area contributed by atoms with Gasteiger partial charge in [-0.05, 0) is 56.6 Å². The molecule has 1 N–H and O–H groups in total. The SMILES string of the molecule is CN(C)C(COC=O)Cc1ccccc1.COc1ccc(C(C=O)C2(O)CCCCC2)cc1. The molecular formula is C27H37NO5. The van der Waals surface area contributed by atoms with Crippen LogP contribution in [0.4, 0.5) is 0 Å². The number of carbonyl (C=O) groups excluding carboxylic acids is 2. The van der Waals surface area contributed by atoms with Gasteiger partial charge in [0.15, 0.2) is 0 Å². The van der Waals surface area contributed by atoms with Gasteiger partial charge in [0.2, 0.25) is 0 Å². The summed E-state index contributed by atoms with van der Waals surface area (Å²) in [4.78, 5) is 23.6. The molecule has 0 amide bonds. The summed E-state index contributed by atoms with van der Waals surface area (Å²) in [5.74, 6) is 0.336. The molecule has 0 aromatic heterocycles. The van der Waals surface area contributed by atoms with E-state index in [4.69, 9.17) is 9.47 Å². The largest absolute Gasteiger partial charge is 0.497 e. The highest BCUT2D eigenvalue weighted by Gasteiger charge is 2.38. The van der Waals surface area contributed by atoms with Crippen molar-refractivity contribution in [3.05, 3.63) is 65.7 Å². The van der Waals surface area contributed by atoms with Crippen LogP contribution >= 0.6 is 0 Å². The number of benzene rings is 2. The lowest BCUT2D eigenvalue weighted by molar-refractivity contribution is -0.130. The van der Waals surface area contributed by atoms with Crippen LogP contribution in [0.1, 0.15) is 49.1 Å². The number of hydrogen-bond acceptors (Lipinski definition) is 6. The zero-order valence-corrected chi connectivity index (χ0v) is 20.0. The molecule has 1 aliphatic rings. The van der Waals surface area contributed by atoms with Crippen LogP contribution in [0.15, 0.2) is 54.6 Å². The normalized spacial score (nSPS) is 16.6. The molecule has 6 heteroatoms. The highest BCUT2D eigenvalue weighted by molar-refractivity contribution is 5.64. The second-order valence-corrected chi connectivity index (χ2v) is 8.79. The van der Waals surface area contributed by atoms with Crippen molar-refractivity contribution in [1.29, 1.82) is 0 Å². The number of likely N-dealkylation sites (N-methyl/N-ethyl adjacent to an activating group) is 1. The Morgan fingerprint density at radius 1 is 1.00 bits per heavy atom. The molecule has 2 unspecified atom stereocenters. The van der Waals surface area contributed by atoms with Gasteiger partial charge in [-0.2, -0.15) is 0 Å². The summed E-state index contributed by atoms with van der Waals surface area (Å²) in [5.41, 5.74) is 1.26. The van der Waals surface area contributed by atoms with Gasteiger partial charge in [-0.15, -0.1) is 0 Å². The van der Waals surface area contributed by atoms with Crippen LogP contribution in [0, 0.1) is 0 Å². The van der Waals surface area contributed by atoms with Gasteiger partial charge >= 0.3 is 0 Å². The third kappa shape index (κ3) is 8.30. The van der Waals surface area contributed by atoms with Gasteiger partial charge in [-0.1, -0.05) is 61.7 Å². The van der Waals surface area contributed by atoms with Gasteiger partial charge in [-0.25, -0.2) is 0 Å². The molecule has 6 nitrogen and oxygen atoms in total. The zero-order valence-electron chi connectivity index (χ0n) is 20.0. The van der Waals surface area contributed by atoms with Crippen LogP contribution in [0.25, 0.3) is 0 Å². The zero-order chi connectivity index (χ0) is 24.1. The molecule has 3 rings (SSSR count). The van der Waals surface area contributed by atoms with Gasteiger partial charge in [0, 0.05) is 6.04 Å². The van der Waals surface area contributed by atoms with Gasteiger partial charge in [-0.3, -0.25) is 4.79 Å². The number of aliphatic hydroxyl groups is 1. The first-order valence-electron chi connectivity index (χ1n) is 11.5. The lowest BCUT2D eigenvalue weighted by Crippen LogP contribution is -2.39. The maximum atomic E-state index is 11.4. The number of methoxy groups -OCH3 is 1. The predicted molar refractivity (Wildman–Crippen MR) is 129 cm³/mol. The Kier molecular flexibility index (Phi) is 11.1. The predicted octanol–water partition coefficient (Wildman–Crippen LogP) is 4.01. The van der Waals surface area contributed by atoms with E-state index in [0.29, 0.717) is 25.9 Å². The molecule has 2 aromatic rings. The minimum Gasteiger partial charge on any atom is -0.497 e. The van der Waals surface area contributed by atoms with E-state index in [0.717, 1.165) is 43.3 Å². The fraction of sp³-hybridized carbons (Fsp3) is 0.481. The minimum atomic E-state index is -0.866. The molecule has 2 atom stereocenters. The molecule has 0 heterocycles. The topological polar surface area (TPSA) is 76.1 Å². The Morgan fingerprint density at radius 2 is 1.64 bits per heavy atom. The molecule has 33 heavy (non-hydrogen) atoms. The summed E-state index contributed by atoms with van der Waals surface area (Å²) in [5, 5.41) is 10.6. The molecule has 0 saturated heterocycles. The fourth-order valence-corrected chi connectivity index (χ4v) is 4.23. The fourth-order valence-electron chi connectivity index (χ4n) is 4.23. The number of carbonyl (C=O) groups is 2. The Morgan fingerprint density at radius 3 is 2.15 bits per heavy atom. The van der Waals surface area contributed by atoms with Gasteiger partial charge in [0.1, 0.15) is 18.6 Å². The summed E-state index contributed by atoms with van der Waals surface area (Å²) < 4.78 is 9.91. The second kappa shape index (κ2) is 13.8. The minimum absolute atomic E-state index is 0.234. The molecule has 180 valence electrons. The van der Waals surface area contributed by atoms with E-state index in [-0.39, 0.29) is 6.04 Å². The van der Waals surface area contributed by atoms with Crippen LogP contribution in [0.5, 0.6) is 5.75 Å². The van der Waals surface area contributed by atoms with E-state index in [1.165, 1.54) is 5.56 Å². The van der Waals surface area contributed by atoms with E-state index in [1.54, 1.807) is 7.11 Å². The van der Waals surface area contributed by atoms with Crippen molar-refractivity contribution >= 4 is 12.8 Å². The van der Waals surface area contributed by atoms with Crippen molar-refractivity contribution in [3.8, 4) is 5.75 Å². The molecule has 0 spiro atoms. The van der Waals surface area contributed by atoms with Gasteiger partial charge in [0.05, 0.1) is 18.6 Å². The van der Waals surface area contributed by atoms with E-state index in [2.05, 4.69) is 17.0 Å². The molecule has 2 aromatic carbocycles. The average Bonchev–Trinajstić information content (AvgIpc) is 2.84. The number of nitrogens with zero attached hydrogens (tertiary/aromatic N) is 1. The maximum Gasteiger partial charge on any atom is 0.293 e. The third-order valence-corrected chi connectivity index (χ3v) is 6.31. The van der Waals surface area contributed by atoms with Crippen LogP contribution in [-0.2, 0) is 20.7 Å². The summed E-state index contributed by atoms with van der Waals surface area (Å²) >= 11 is 0. The number of aldehydes is 1. The summed E-state index contributed by atoms with van der Waals surface area (Å²) in [7, 11) is 5.59. The highest BCUT2D eigenvalue weighted by Crippen LogP contribution is 2.39. The molecule has 0 radical (unpaired) electrons.